The van der Waals surface area contributed by atoms with Gasteiger partial charge in [0.05, 0.1) is 5.69 Å². The van der Waals surface area contributed by atoms with Crippen LogP contribution in [0.2, 0.25) is 0 Å². The molecule has 0 bridgehead atoms. The molecule has 0 aliphatic rings. The van der Waals surface area contributed by atoms with Crippen LogP contribution in [0, 0.1) is 13.8 Å². The molecule has 0 amide bonds. The van der Waals surface area contributed by atoms with E-state index in [0.717, 1.165) is 16.8 Å². The van der Waals surface area contributed by atoms with Crippen LogP contribution in [0.15, 0.2) is 41.1 Å². The summed E-state index contributed by atoms with van der Waals surface area (Å²) >= 11 is 0. The summed E-state index contributed by atoms with van der Waals surface area (Å²) in [5.74, 6) is 1.09. The van der Waals surface area contributed by atoms with Gasteiger partial charge in [0.2, 0.25) is 11.8 Å². The molecule has 0 unspecified atom stereocenters. The Morgan fingerprint density at radius 2 is 2.06 bits per heavy atom. The first kappa shape index (κ1) is 10.7. The van der Waals surface area contributed by atoms with Gasteiger partial charge in [0.15, 0.2) is 0 Å². The summed E-state index contributed by atoms with van der Waals surface area (Å²) in [6, 6.07) is 7.87. The lowest BCUT2D eigenvalue weighted by Crippen LogP contribution is -1.97. The molecule has 0 saturated heterocycles. The third-order valence-corrected chi connectivity index (χ3v) is 2.73. The van der Waals surface area contributed by atoms with Gasteiger partial charge in [-0.2, -0.15) is 5.10 Å². The molecule has 0 saturated carbocycles. The van der Waals surface area contributed by atoms with E-state index >= 15 is 0 Å². The fourth-order valence-corrected chi connectivity index (χ4v) is 1.81. The van der Waals surface area contributed by atoms with Crippen LogP contribution in [0.25, 0.3) is 17.1 Å². The average Bonchev–Trinajstić information content (AvgIpc) is 3.01. The monoisotopic (exact) mass is 240 g/mol. The lowest BCUT2D eigenvalue weighted by molar-refractivity contribution is 0.532. The predicted octanol–water partition coefficient (Wildman–Crippen LogP) is 2.54. The summed E-state index contributed by atoms with van der Waals surface area (Å²) in [6.07, 6.45) is 3.66. The van der Waals surface area contributed by atoms with Crippen LogP contribution in [0.3, 0.4) is 0 Å². The molecule has 0 atom stereocenters. The van der Waals surface area contributed by atoms with Crippen molar-refractivity contribution in [2.75, 3.05) is 0 Å². The summed E-state index contributed by atoms with van der Waals surface area (Å²) in [6.45, 7) is 3.82. The molecule has 90 valence electrons. The van der Waals surface area contributed by atoms with Gasteiger partial charge in [-0.05, 0) is 30.7 Å². The highest BCUT2D eigenvalue weighted by atomic mass is 16.4. The smallest absolute Gasteiger partial charge is 0.247 e. The number of benzene rings is 1. The van der Waals surface area contributed by atoms with E-state index in [0.29, 0.717) is 11.8 Å². The molecule has 0 aliphatic heterocycles. The molecule has 2 aromatic heterocycles. The maximum atomic E-state index is 5.43. The standard InChI is InChI=1S/C13H12N4O/c1-9-4-5-11(13-16-15-10(2)18-13)8-12(9)17-7-3-6-14-17/h3-8H,1-2H3. The number of aromatic nitrogens is 4. The van der Waals surface area contributed by atoms with Crippen LogP contribution in [0.4, 0.5) is 0 Å². The Labute approximate surface area is 104 Å². The second-order valence-electron chi connectivity index (χ2n) is 4.08. The lowest BCUT2D eigenvalue weighted by Gasteiger charge is -2.06. The minimum absolute atomic E-state index is 0.529. The number of aryl methyl sites for hydroxylation is 2. The molecular weight excluding hydrogens is 228 g/mol. The van der Waals surface area contributed by atoms with E-state index in [1.807, 2.05) is 42.1 Å². The van der Waals surface area contributed by atoms with Gasteiger partial charge >= 0.3 is 0 Å². The highest BCUT2D eigenvalue weighted by Crippen LogP contribution is 2.23. The van der Waals surface area contributed by atoms with E-state index in [9.17, 15) is 0 Å². The molecule has 5 nitrogen and oxygen atoms in total. The fraction of sp³-hybridized carbons (Fsp3) is 0.154. The quantitative estimate of drug-likeness (QED) is 0.690. The van der Waals surface area contributed by atoms with Crippen molar-refractivity contribution in [2.45, 2.75) is 13.8 Å². The first-order valence-corrected chi connectivity index (χ1v) is 5.65. The van der Waals surface area contributed by atoms with E-state index in [4.69, 9.17) is 4.42 Å². The molecule has 18 heavy (non-hydrogen) atoms. The molecule has 0 radical (unpaired) electrons. The lowest BCUT2D eigenvalue weighted by atomic mass is 10.1. The van der Waals surface area contributed by atoms with Crippen molar-refractivity contribution in [3.05, 3.63) is 48.1 Å². The summed E-state index contributed by atoms with van der Waals surface area (Å²) in [5, 5.41) is 12.1. The zero-order valence-corrected chi connectivity index (χ0v) is 10.2. The Hall–Kier alpha value is -2.43. The number of nitrogens with zero attached hydrogens (tertiary/aromatic N) is 4. The first-order valence-electron chi connectivity index (χ1n) is 5.65. The number of rotatable bonds is 2. The molecule has 2 heterocycles. The van der Waals surface area contributed by atoms with E-state index in [-0.39, 0.29) is 0 Å². The van der Waals surface area contributed by atoms with Crippen molar-refractivity contribution in [3.8, 4) is 17.1 Å². The zero-order valence-electron chi connectivity index (χ0n) is 10.2. The highest BCUT2D eigenvalue weighted by Gasteiger charge is 2.09. The topological polar surface area (TPSA) is 56.7 Å². The number of hydrogen-bond acceptors (Lipinski definition) is 4. The fourth-order valence-electron chi connectivity index (χ4n) is 1.81. The van der Waals surface area contributed by atoms with Crippen molar-refractivity contribution >= 4 is 0 Å². The summed E-state index contributed by atoms with van der Waals surface area (Å²) < 4.78 is 7.25. The van der Waals surface area contributed by atoms with Crippen LogP contribution in [0.1, 0.15) is 11.5 Å². The third-order valence-electron chi connectivity index (χ3n) is 2.73. The minimum atomic E-state index is 0.529. The molecule has 0 fully saturated rings. The largest absolute Gasteiger partial charge is 0.421 e. The molecule has 3 rings (SSSR count). The van der Waals surface area contributed by atoms with Crippen molar-refractivity contribution in [2.24, 2.45) is 0 Å². The van der Waals surface area contributed by atoms with Gasteiger partial charge in [0, 0.05) is 24.9 Å². The van der Waals surface area contributed by atoms with Crippen LogP contribution >= 0.6 is 0 Å². The van der Waals surface area contributed by atoms with Gasteiger partial charge in [0.1, 0.15) is 0 Å². The Kier molecular flexibility index (Phi) is 2.44. The molecular formula is C13H12N4O. The van der Waals surface area contributed by atoms with Crippen LogP contribution in [-0.2, 0) is 0 Å². The summed E-state index contributed by atoms with van der Waals surface area (Å²) in [4.78, 5) is 0. The third kappa shape index (κ3) is 1.79. The maximum Gasteiger partial charge on any atom is 0.247 e. The Bertz CT molecular complexity index is 670. The van der Waals surface area contributed by atoms with E-state index in [1.165, 1.54) is 0 Å². The SMILES string of the molecule is Cc1nnc(-c2ccc(C)c(-n3cccn3)c2)o1. The molecule has 1 aromatic carbocycles. The summed E-state index contributed by atoms with van der Waals surface area (Å²) in [7, 11) is 0. The Morgan fingerprint density at radius 1 is 1.17 bits per heavy atom. The van der Waals surface area contributed by atoms with Crippen molar-refractivity contribution in [1.82, 2.24) is 20.0 Å². The Balaban J connectivity index is 2.11. The minimum Gasteiger partial charge on any atom is -0.421 e. The molecule has 0 N–H and O–H groups in total. The highest BCUT2D eigenvalue weighted by molar-refractivity contribution is 5.59. The number of hydrogen-bond donors (Lipinski definition) is 0. The van der Waals surface area contributed by atoms with Crippen LogP contribution in [0.5, 0.6) is 0 Å². The van der Waals surface area contributed by atoms with Crippen LogP contribution in [-0.4, -0.2) is 20.0 Å². The van der Waals surface area contributed by atoms with Crippen molar-refractivity contribution in [3.63, 3.8) is 0 Å². The van der Waals surface area contributed by atoms with Gasteiger partial charge in [0.25, 0.3) is 0 Å². The molecule has 3 aromatic rings. The predicted molar refractivity (Wildman–Crippen MR) is 66.3 cm³/mol. The van der Waals surface area contributed by atoms with Gasteiger partial charge in [-0.15, -0.1) is 10.2 Å². The van der Waals surface area contributed by atoms with Crippen molar-refractivity contribution < 1.29 is 4.42 Å². The summed E-state index contributed by atoms with van der Waals surface area (Å²) in [5.41, 5.74) is 3.04. The molecule has 0 spiro atoms. The van der Waals surface area contributed by atoms with Gasteiger partial charge in [-0.3, -0.25) is 0 Å². The first-order chi connectivity index (χ1) is 8.74. The van der Waals surface area contributed by atoms with Crippen molar-refractivity contribution in [1.29, 1.82) is 0 Å². The average molecular weight is 240 g/mol. The van der Waals surface area contributed by atoms with Gasteiger partial charge in [-0.25, -0.2) is 4.68 Å². The second kappa shape index (κ2) is 4.10. The van der Waals surface area contributed by atoms with Crippen LogP contribution < -0.4 is 0 Å². The second-order valence-corrected chi connectivity index (χ2v) is 4.08. The van der Waals surface area contributed by atoms with Gasteiger partial charge < -0.3 is 4.42 Å². The molecule has 0 aliphatic carbocycles. The van der Waals surface area contributed by atoms with Gasteiger partial charge in [-0.1, -0.05) is 6.07 Å². The Morgan fingerprint density at radius 3 is 2.72 bits per heavy atom. The van der Waals surface area contributed by atoms with E-state index < -0.39 is 0 Å². The zero-order chi connectivity index (χ0) is 12.5. The normalized spacial score (nSPS) is 10.8. The van der Waals surface area contributed by atoms with E-state index in [2.05, 4.69) is 15.3 Å². The maximum absolute atomic E-state index is 5.43. The molecule has 5 heteroatoms. The van der Waals surface area contributed by atoms with E-state index in [1.54, 1.807) is 13.1 Å².